The van der Waals surface area contributed by atoms with Gasteiger partial charge in [0, 0.05) is 12.1 Å². The summed E-state index contributed by atoms with van der Waals surface area (Å²) in [4.78, 5) is 0. The maximum atomic E-state index is 8.96. The monoisotopic (exact) mass is 284 g/mol. The highest BCUT2D eigenvalue weighted by Crippen LogP contribution is 2.25. The molecule has 1 aromatic carbocycles. The van der Waals surface area contributed by atoms with Gasteiger partial charge in [-0.2, -0.15) is 0 Å². The largest absolute Gasteiger partial charge is 0.486 e. The summed E-state index contributed by atoms with van der Waals surface area (Å²) in [6.45, 7) is 8.75. The van der Waals surface area contributed by atoms with Crippen molar-refractivity contribution in [2.45, 2.75) is 33.2 Å². The first-order valence-electron chi connectivity index (χ1n) is 6.15. The van der Waals surface area contributed by atoms with Crippen molar-refractivity contribution in [2.24, 2.45) is 5.16 Å². The highest BCUT2D eigenvalue weighted by Gasteiger charge is 2.11. The van der Waals surface area contributed by atoms with Crippen LogP contribution in [0.15, 0.2) is 23.4 Å². The van der Waals surface area contributed by atoms with Crippen LogP contribution >= 0.6 is 11.6 Å². The van der Waals surface area contributed by atoms with E-state index in [4.69, 9.17) is 21.5 Å². The van der Waals surface area contributed by atoms with E-state index in [1.165, 1.54) is 0 Å². The number of halogens is 1. The molecule has 0 radical (unpaired) electrons. The van der Waals surface area contributed by atoms with E-state index in [0.717, 1.165) is 5.56 Å². The summed E-state index contributed by atoms with van der Waals surface area (Å²) >= 11 is 6.03. The highest BCUT2D eigenvalue weighted by molar-refractivity contribution is 6.32. The zero-order valence-electron chi connectivity index (χ0n) is 11.8. The number of oxime groups is 1. The molecular formula is C14H21ClN2O2. The van der Waals surface area contributed by atoms with E-state index in [-0.39, 0.29) is 12.1 Å². The summed E-state index contributed by atoms with van der Waals surface area (Å²) in [6.07, 6.45) is 0. The lowest BCUT2D eigenvalue weighted by Gasteiger charge is -2.20. The number of hydrogen-bond acceptors (Lipinski definition) is 4. The number of aryl methyl sites for hydroxylation is 1. The van der Waals surface area contributed by atoms with E-state index >= 15 is 0 Å². The van der Waals surface area contributed by atoms with Gasteiger partial charge in [-0.05, 0) is 45.4 Å². The third-order valence-electron chi connectivity index (χ3n) is 2.45. The minimum Gasteiger partial charge on any atom is -0.486 e. The number of benzene rings is 1. The predicted molar refractivity (Wildman–Crippen MR) is 78.7 cm³/mol. The lowest BCUT2D eigenvalue weighted by molar-refractivity contribution is 0.303. The third-order valence-corrected chi connectivity index (χ3v) is 2.76. The fourth-order valence-electron chi connectivity index (χ4n) is 1.36. The second kappa shape index (κ2) is 6.78. The summed E-state index contributed by atoms with van der Waals surface area (Å²) in [5.41, 5.74) is 1.54. The van der Waals surface area contributed by atoms with Gasteiger partial charge in [-0.25, -0.2) is 0 Å². The lowest BCUT2D eigenvalue weighted by atomic mass is 10.1. The van der Waals surface area contributed by atoms with E-state index in [1.807, 2.05) is 39.8 Å². The van der Waals surface area contributed by atoms with Crippen molar-refractivity contribution in [3.05, 3.63) is 28.8 Å². The Balaban J connectivity index is 2.56. The van der Waals surface area contributed by atoms with Gasteiger partial charge in [0.2, 0.25) is 0 Å². The van der Waals surface area contributed by atoms with Crippen LogP contribution in [0.5, 0.6) is 5.75 Å². The molecule has 106 valence electrons. The summed E-state index contributed by atoms with van der Waals surface area (Å²) in [5, 5.41) is 16.0. The first-order chi connectivity index (χ1) is 8.81. The van der Waals surface area contributed by atoms with Gasteiger partial charge < -0.3 is 15.3 Å². The molecule has 0 saturated heterocycles. The quantitative estimate of drug-likeness (QED) is 0.496. The Morgan fingerprint density at radius 2 is 2.11 bits per heavy atom. The minimum atomic E-state index is -0.0447. The molecule has 0 aromatic heterocycles. The summed E-state index contributed by atoms with van der Waals surface area (Å²) in [5.74, 6) is 0.596. The molecule has 4 nitrogen and oxygen atoms in total. The van der Waals surface area contributed by atoms with Crippen LogP contribution in [-0.2, 0) is 0 Å². The molecule has 0 spiro atoms. The van der Waals surface area contributed by atoms with E-state index in [2.05, 4.69) is 10.5 Å². The molecule has 0 fully saturated rings. The molecule has 0 unspecified atom stereocenters. The minimum absolute atomic E-state index is 0.0447. The van der Waals surface area contributed by atoms with Crippen molar-refractivity contribution in [3.8, 4) is 5.75 Å². The Morgan fingerprint density at radius 3 is 2.68 bits per heavy atom. The molecule has 0 amide bonds. The SMILES string of the molecule is Cc1ccc(Cl)c(OC/C(CNC(C)(C)C)=N/O)c1. The normalized spacial score (nSPS) is 12.6. The molecule has 0 atom stereocenters. The molecule has 5 heteroatoms. The van der Waals surface area contributed by atoms with Gasteiger partial charge in [0.1, 0.15) is 18.1 Å². The summed E-state index contributed by atoms with van der Waals surface area (Å²) in [7, 11) is 0. The average molecular weight is 285 g/mol. The smallest absolute Gasteiger partial charge is 0.138 e. The fourth-order valence-corrected chi connectivity index (χ4v) is 1.54. The first-order valence-corrected chi connectivity index (χ1v) is 6.53. The van der Waals surface area contributed by atoms with Gasteiger partial charge >= 0.3 is 0 Å². The molecule has 0 aliphatic heterocycles. The van der Waals surface area contributed by atoms with Gasteiger partial charge in [0.05, 0.1) is 5.02 Å². The van der Waals surface area contributed by atoms with Gasteiger partial charge in [0.15, 0.2) is 0 Å². The van der Waals surface area contributed by atoms with Gasteiger partial charge in [-0.15, -0.1) is 0 Å². The fraction of sp³-hybridized carbons (Fsp3) is 0.500. The van der Waals surface area contributed by atoms with Crippen molar-refractivity contribution in [1.82, 2.24) is 5.32 Å². The Morgan fingerprint density at radius 1 is 1.42 bits per heavy atom. The van der Waals surface area contributed by atoms with Crippen LogP contribution < -0.4 is 10.1 Å². The summed E-state index contributed by atoms with van der Waals surface area (Å²) < 4.78 is 5.57. The van der Waals surface area contributed by atoms with Crippen LogP contribution in [0.25, 0.3) is 0 Å². The van der Waals surface area contributed by atoms with Crippen molar-refractivity contribution in [1.29, 1.82) is 0 Å². The number of hydrogen-bond donors (Lipinski definition) is 2. The second-order valence-corrected chi connectivity index (χ2v) is 5.90. The topological polar surface area (TPSA) is 53.8 Å². The average Bonchev–Trinajstić information content (AvgIpc) is 2.32. The first kappa shape index (κ1) is 15.8. The van der Waals surface area contributed by atoms with Gasteiger partial charge in [-0.1, -0.05) is 22.8 Å². The van der Waals surface area contributed by atoms with Crippen molar-refractivity contribution in [3.63, 3.8) is 0 Å². The van der Waals surface area contributed by atoms with Crippen molar-refractivity contribution < 1.29 is 9.94 Å². The summed E-state index contributed by atoms with van der Waals surface area (Å²) in [6, 6.07) is 5.56. The number of nitrogens with one attached hydrogen (secondary N) is 1. The Labute approximate surface area is 119 Å². The zero-order chi connectivity index (χ0) is 14.5. The Kier molecular flexibility index (Phi) is 5.63. The molecule has 19 heavy (non-hydrogen) atoms. The molecule has 0 bridgehead atoms. The molecule has 1 aromatic rings. The maximum absolute atomic E-state index is 8.96. The second-order valence-electron chi connectivity index (χ2n) is 5.49. The van der Waals surface area contributed by atoms with E-state index in [1.54, 1.807) is 6.07 Å². The Hall–Kier alpha value is -1.26. The standard InChI is InChI=1S/C14H21ClN2O2/c1-10-5-6-12(15)13(7-10)19-9-11(17-18)8-16-14(2,3)4/h5-7,16,18H,8-9H2,1-4H3/b17-11+. The van der Waals surface area contributed by atoms with Gasteiger partial charge in [0.25, 0.3) is 0 Å². The Bertz CT molecular complexity index is 453. The molecule has 0 saturated carbocycles. The van der Waals surface area contributed by atoms with Crippen molar-refractivity contribution in [2.75, 3.05) is 13.2 Å². The highest BCUT2D eigenvalue weighted by atomic mass is 35.5. The van der Waals surface area contributed by atoms with E-state index < -0.39 is 0 Å². The van der Waals surface area contributed by atoms with Crippen LogP contribution in [0, 0.1) is 6.92 Å². The van der Waals surface area contributed by atoms with E-state index in [9.17, 15) is 0 Å². The molecular weight excluding hydrogens is 264 g/mol. The maximum Gasteiger partial charge on any atom is 0.138 e. The number of rotatable bonds is 5. The lowest BCUT2D eigenvalue weighted by Crippen LogP contribution is -2.40. The van der Waals surface area contributed by atoms with Crippen molar-refractivity contribution >= 4 is 17.3 Å². The third kappa shape index (κ3) is 5.94. The molecule has 0 heterocycles. The predicted octanol–water partition coefficient (Wildman–Crippen LogP) is 3.25. The number of ether oxygens (including phenoxy) is 1. The molecule has 0 aliphatic rings. The molecule has 2 N–H and O–H groups in total. The van der Waals surface area contributed by atoms with Crippen LogP contribution in [-0.4, -0.2) is 29.6 Å². The zero-order valence-corrected chi connectivity index (χ0v) is 12.6. The van der Waals surface area contributed by atoms with E-state index in [0.29, 0.717) is 23.0 Å². The number of nitrogens with zero attached hydrogens (tertiary/aromatic N) is 1. The molecule has 1 rings (SSSR count). The van der Waals surface area contributed by atoms with Crippen LogP contribution in [0.4, 0.5) is 0 Å². The van der Waals surface area contributed by atoms with Crippen LogP contribution in [0.3, 0.4) is 0 Å². The molecule has 0 aliphatic carbocycles. The van der Waals surface area contributed by atoms with Crippen LogP contribution in [0.1, 0.15) is 26.3 Å². The van der Waals surface area contributed by atoms with Crippen LogP contribution in [0.2, 0.25) is 5.02 Å². The van der Waals surface area contributed by atoms with Gasteiger partial charge in [-0.3, -0.25) is 0 Å².